The lowest BCUT2D eigenvalue weighted by Crippen LogP contribution is -2.38. The Kier molecular flexibility index (Phi) is 4.86. The molecule has 1 saturated carbocycles. The fourth-order valence-corrected chi connectivity index (χ4v) is 3.76. The average molecular weight is 377 g/mol. The summed E-state index contributed by atoms with van der Waals surface area (Å²) in [6.07, 6.45) is 8.03. The van der Waals surface area contributed by atoms with E-state index in [1.54, 1.807) is 9.80 Å². The van der Waals surface area contributed by atoms with Crippen molar-refractivity contribution in [3.63, 3.8) is 0 Å². The Labute approximate surface area is 163 Å². The largest absolute Gasteiger partial charge is 0.346 e. The number of nitrogens with one attached hydrogen (secondary N) is 1. The van der Waals surface area contributed by atoms with Crippen molar-refractivity contribution in [3.05, 3.63) is 30.0 Å². The van der Waals surface area contributed by atoms with Gasteiger partial charge in [-0.15, -0.1) is 0 Å². The van der Waals surface area contributed by atoms with E-state index in [1.807, 2.05) is 25.3 Å². The molecule has 1 fully saturated rings. The topological polar surface area (TPSA) is 93.1 Å². The number of rotatable bonds is 6. The number of nitrogens with zero attached hydrogens (tertiary/aromatic N) is 4. The number of carbonyl (C=O) groups excluding carboxylic acids is 2. The van der Waals surface area contributed by atoms with Gasteiger partial charge in [-0.1, -0.05) is 13.0 Å². The Balaban J connectivity index is 1.64. The first-order valence-electron chi connectivity index (χ1n) is 9.75. The Morgan fingerprint density at radius 1 is 1.54 bits per heavy atom. The van der Waals surface area contributed by atoms with Gasteiger partial charge >= 0.3 is 0 Å². The highest BCUT2D eigenvalue weighted by Crippen LogP contribution is 2.35. The van der Waals surface area contributed by atoms with Gasteiger partial charge in [0.05, 0.1) is 6.07 Å². The number of anilines is 1. The molecule has 0 spiro atoms. The number of nitriles is 1. The summed E-state index contributed by atoms with van der Waals surface area (Å²) in [6.45, 7) is 2.94. The van der Waals surface area contributed by atoms with Crippen LogP contribution in [0.5, 0.6) is 0 Å². The van der Waals surface area contributed by atoms with Gasteiger partial charge in [0.2, 0.25) is 12.3 Å². The number of fused-ring (bicyclic) bond motifs is 1. The standard InChI is InChI=1S/C21H23N5O2/c1-2-14(12-22)21(28)25-9-6-15(7-10-25)18-11-19(26(13-27)16-3-4-16)24-20-17(18)5-8-23-20/h5-6,8,11,13-14,16H,2-4,7,9-10H2,1H3,(H,23,24). The molecule has 3 heterocycles. The fraction of sp³-hybridized carbons (Fsp3) is 0.429. The van der Waals surface area contributed by atoms with E-state index in [9.17, 15) is 9.59 Å². The minimum Gasteiger partial charge on any atom is -0.346 e. The van der Waals surface area contributed by atoms with E-state index in [1.165, 1.54) is 0 Å². The molecule has 7 heteroatoms. The zero-order valence-electron chi connectivity index (χ0n) is 15.9. The summed E-state index contributed by atoms with van der Waals surface area (Å²) in [7, 11) is 0. The molecule has 2 aliphatic rings. The van der Waals surface area contributed by atoms with Gasteiger partial charge in [-0.25, -0.2) is 4.98 Å². The van der Waals surface area contributed by atoms with E-state index in [2.05, 4.69) is 22.1 Å². The number of pyridine rings is 1. The van der Waals surface area contributed by atoms with Crippen molar-refractivity contribution in [1.82, 2.24) is 14.9 Å². The van der Waals surface area contributed by atoms with E-state index in [0.29, 0.717) is 31.7 Å². The van der Waals surface area contributed by atoms with Crippen molar-refractivity contribution < 1.29 is 9.59 Å². The SMILES string of the molecule is CCC(C#N)C(=O)N1CC=C(c2cc(N(C=O)C3CC3)nc3[nH]ccc23)CC1. The van der Waals surface area contributed by atoms with Crippen molar-refractivity contribution in [2.24, 2.45) is 5.92 Å². The van der Waals surface area contributed by atoms with Crippen LogP contribution in [-0.2, 0) is 9.59 Å². The van der Waals surface area contributed by atoms with Crippen LogP contribution in [0, 0.1) is 17.2 Å². The highest BCUT2D eigenvalue weighted by Gasteiger charge is 2.31. The molecule has 28 heavy (non-hydrogen) atoms. The van der Waals surface area contributed by atoms with Crippen LogP contribution in [0.2, 0.25) is 0 Å². The number of amides is 2. The molecule has 1 unspecified atom stereocenters. The van der Waals surface area contributed by atoms with Gasteiger partial charge in [0.15, 0.2) is 0 Å². The minimum absolute atomic E-state index is 0.0941. The monoisotopic (exact) mass is 377 g/mol. The van der Waals surface area contributed by atoms with Crippen LogP contribution in [0.25, 0.3) is 16.6 Å². The third-order valence-corrected chi connectivity index (χ3v) is 5.56. The Bertz CT molecular complexity index is 982. The number of aromatic amines is 1. The second kappa shape index (κ2) is 7.47. The van der Waals surface area contributed by atoms with Crippen LogP contribution in [0.15, 0.2) is 24.4 Å². The van der Waals surface area contributed by atoms with Gasteiger partial charge in [0, 0.05) is 30.7 Å². The summed E-state index contributed by atoms with van der Waals surface area (Å²) in [5.74, 6) is -0.000643. The van der Waals surface area contributed by atoms with Crippen molar-refractivity contribution in [2.45, 2.75) is 38.6 Å². The molecule has 2 aromatic rings. The first-order valence-corrected chi connectivity index (χ1v) is 9.75. The molecule has 0 radical (unpaired) electrons. The molecule has 0 aromatic carbocycles. The molecule has 1 aliphatic heterocycles. The number of hydrogen-bond acceptors (Lipinski definition) is 4. The van der Waals surface area contributed by atoms with Crippen molar-refractivity contribution in [3.8, 4) is 6.07 Å². The Morgan fingerprint density at radius 3 is 2.96 bits per heavy atom. The van der Waals surface area contributed by atoms with Gasteiger partial charge < -0.3 is 9.88 Å². The maximum absolute atomic E-state index is 12.5. The van der Waals surface area contributed by atoms with E-state index < -0.39 is 5.92 Å². The van der Waals surface area contributed by atoms with Crippen LogP contribution >= 0.6 is 0 Å². The molecular weight excluding hydrogens is 354 g/mol. The maximum atomic E-state index is 12.5. The highest BCUT2D eigenvalue weighted by atomic mass is 16.2. The maximum Gasteiger partial charge on any atom is 0.240 e. The fourth-order valence-electron chi connectivity index (χ4n) is 3.76. The molecule has 0 bridgehead atoms. The predicted molar refractivity (Wildman–Crippen MR) is 106 cm³/mol. The van der Waals surface area contributed by atoms with Crippen LogP contribution in [0.3, 0.4) is 0 Å². The second-order valence-corrected chi connectivity index (χ2v) is 7.37. The first-order chi connectivity index (χ1) is 13.7. The van der Waals surface area contributed by atoms with Crippen LogP contribution < -0.4 is 4.90 Å². The van der Waals surface area contributed by atoms with Gasteiger partial charge in [-0.05, 0) is 49.0 Å². The molecule has 1 atom stereocenters. The van der Waals surface area contributed by atoms with E-state index in [-0.39, 0.29) is 11.9 Å². The quantitative estimate of drug-likeness (QED) is 0.784. The smallest absolute Gasteiger partial charge is 0.240 e. The van der Waals surface area contributed by atoms with Crippen molar-refractivity contribution in [2.75, 3.05) is 18.0 Å². The average Bonchev–Trinajstić information content (AvgIpc) is 3.44. The van der Waals surface area contributed by atoms with Crippen molar-refractivity contribution in [1.29, 1.82) is 5.26 Å². The van der Waals surface area contributed by atoms with Crippen LogP contribution in [0.1, 0.15) is 38.2 Å². The van der Waals surface area contributed by atoms with Gasteiger partial charge in [0.25, 0.3) is 0 Å². The third kappa shape index (κ3) is 3.26. The zero-order chi connectivity index (χ0) is 19.7. The minimum atomic E-state index is -0.571. The van der Waals surface area contributed by atoms with E-state index in [4.69, 9.17) is 5.26 Å². The summed E-state index contributed by atoms with van der Waals surface area (Å²) in [5, 5.41) is 10.2. The summed E-state index contributed by atoms with van der Waals surface area (Å²) in [6, 6.07) is 6.31. The molecule has 144 valence electrons. The number of aromatic nitrogens is 2. The molecular formula is C21H23N5O2. The van der Waals surface area contributed by atoms with E-state index in [0.717, 1.165) is 41.4 Å². The Morgan fingerprint density at radius 2 is 2.36 bits per heavy atom. The predicted octanol–water partition coefficient (Wildman–Crippen LogP) is 2.85. The normalized spacial score (nSPS) is 17.7. The molecule has 2 amide bonds. The van der Waals surface area contributed by atoms with Gasteiger partial charge in [-0.3, -0.25) is 14.5 Å². The van der Waals surface area contributed by atoms with Crippen LogP contribution in [-0.4, -0.2) is 46.3 Å². The van der Waals surface area contributed by atoms with Gasteiger partial charge in [-0.2, -0.15) is 5.26 Å². The molecule has 1 N–H and O–H groups in total. The highest BCUT2D eigenvalue weighted by molar-refractivity contribution is 5.94. The summed E-state index contributed by atoms with van der Waals surface area (Å²) in [4.78, 5) is 35.3. The lowest BCUT2D eigenvalue weighted by molar-refractivity contribution is -0.133. The summed E-state index contributed by atoms with van der Waals surface area (Å²) in [5.41, 5.74) is 2.95. The first kappa shape index (κ1) is 18.2. The van der Waals surface area contributed by atoms with E-state index >= 15 is 0 Å². The molecule has 1 aliphatic carbocycles. The van der Waals surface area contributed by atoms with Gasteiger partial charge in [0.1, 0.15) is 17.4 Å². The number of H-pyrrole nitrogens is 1. The number of carbonyl (C=O) groups is 2. The third-order valence-electron chi connectivity index (χ3n) is 5.56. The second-order valence-electron chi connectivity index (χ2n) is 7.37. The summed E-state index contributed by atoms with van der Waals surface area (Å²) < 4.78 is 0. The molecule has 4 rings (SSSR count). The van der Waals surface area contributed by atoms with Crippen molar-refractivity contribution >= 4 is 34.7 Å². The zero-order valence-corrected chi connectivity index (χ0v) is 15.9. The summed E-state index contributed by atoms with van der Waals surface area (Å²) >= 11 is 0. The lowest BCUT2D eigenvalue weighted by Gasteiger charge is -2.28. The molecule has 2 aromatic heterocycles. The molecule has 7 nitrogen and oxygen atoms in total. The number of hydrogen-bond donors (Lipinski definition) is 1. The lowest BCUT2D eigenvalue weighted by atomic mass is 9.96. The van der Waals surface area contributed by atoms with Crippen LogP contribution in [0.4, 0.5) is 5.82 Å². The molecule has 0 saturated heterocycles. The Hall–Kier alpha value is -3.14.